The van der Waals surface area contributed by atoms with Crippen LogP contribution in [0.2, 0.25) is 0 Å². The minimum absolute atomic E-state index is 0.176. The zero-order valence-corrected chi connectivity index (χ0v) is 13.1. The molecule has 0 unspecified atom stereocenters. The third-order valence-corrected chi connectivity index (χ3v) is 3.46. The number of benzene rings is 2. The molecule has 116 valence electrons. The number of hydrogen-bond donors (Lipinski definition) is 2. The van der Waals surface area contributed by atoms with E-state index in [2.05, 4.69) is 15.3 Å². The van der Waals surface area contributed by atoms with Gasteiger partial charge in [-0.05, 0) is 42.0 Å². The van der Waals surface area contributed by atoms with E-state index in [1.807, 2.05) is 30.3 Å². The van der Waals surface area contributed by atoms with Crippen molar-refractivity contribution in [3.63, 3.8) is 0 Å². The summed E-state index contributed by atoms with van der Waals surface area (Å²) in [5.41, 5.74) is 1.52. The fraction of sp³-hybridized carbons (Fsp3) is 0.0625. The largest absolute Gasteiger partial charge is 0.508 e. The van der Waals surface area contributed by atoms with Crippen LogP contribution in [0.4, 0.5) is 0 Å². The third kappa shape index (κ3) is 3.14. The lowest BCUT2D eigenvalue weighted by molar-refractivity contribution is 0.416. The predicted molar refractivity (Wildman–Crippen MR) is 90.5 cm³/mol. The molecule has 7 heteroatoms. The number of phenols is 1. The number of aromatic amines is 1. The molecule has 0 spiro atoms. The van der Waals surface area contributed by atoms with Crippen molar-refractivity contribution >= 4 is 18.4 Å². The van der Waals surface area contributed by atoms with E-state index in [1.54, 1.807) is 31.5 Å². The summed E-state index contributed by atoms with van der Waals surface area (Å²) < 4.78 is 7.23. The van der Waals surface area contributed by atoms with Crippen LogP contribution < -0.4 is 4.74 Å². The summed E-state index contributed by atoms with van der Waals surface area (Å²) in [6.45, 7) is 0. The van der Waals surface area contributed by atoms with E-state index in [0.29, 0.717) is 16.3 Å². The second-order valence-electron chi connectivity index (χ2n) is 4.70. The molecule has 0 radical (unpaired) electrons. The fourth-order valence-corrected chi connectivity index (χ4v) is 2.31. The number of phenolic OH excluding ortho intramolecular Hbond substituents is 1. The highest BCUT2D eigenvalue weighted by atomic mass is 32.1. The van der Waals surface area contributed by atoms with Gasteiger partial charge in [0.15, 0.2) is 5.82 Å². The summed E-state index contributed by atoms with van der Waals surface area (Å²) in [5, 5.41) is 20.8. The van der Waals surface area contributed by atoms with Crippen molar-refractivity contribution < 1.29 is 9.84 Å². The number of H-pyrrole nitrogens is 1. The topological polar surface area (TPSA) is 75.4 Å². The number of hydrogen-bond acceptors (Lipinski definition) is 5. The number of aromatic nitrogens is 3. The number of aromatic hydroxyl groups is 1. The molecule has 6 nitrogen and oxygen atoms in total. The maximum atomic E-state index is 9.50. The summed E-state index contributed by atoms with van der Waals surface area (Å²) in [4.78, 5) is 0. The minimum atomic E-state index is 0.176. The van der Waals surface area contributed by atoms with E-state index in [1.165, 1.54) is 4.68 Å². The Balaban J connectivity index is 2.04. The highest BCUT2D eigenvalue weighted by Gasteiger charge is 2.12. The SMILES string of the molecule is COc1ccccc1-c1n[nH]c(=S)n1/N=C\c1cccc(O)c1. The molecule has 1 aromatic heterocycles. The molecule has 0 saturated carbocycles. The van der Waals surface area contributed by atoms with Crippen molar-refractivity contribution in [2.24, 2.45) is 5.10 Å². The van der Waals surface area contributed by atoms with Crippen LogP contribution in [0.1, 0.15) is 5.56 Å². The Labute approximate surface area is 137 Å². The molecule has 0 aliphatic heterocycles. The highest BCUT2D eigenvalue weighted by Crippen LogP contribution is 2.28. The lowest BCUT2D eigenvalue weighted by atomic mass is 10.2. The smallest absolute Gasteiger partial charge is 0.216 e. The van der Waals surface area contributed by atoms with E-state index >= 15 is 0 Å². The molecular formula is C16H14N4O2S. The molecule has 0 amide bonds. The van der Waals surface area contributed by atoms with Gasteiger partial charge in [0, 0.05) is 0 Å². The summed E-state index contributed by atoms with van der Waals surface area (Å²) in [5.74, 6) is 1.40. The number of methoxy groups -OCH3 is 1. The zero-order chi connectivity index (χ0) is 16.2. The highest BCUT2D eigenvalue weighted by molar-refractivity contribution is 7.71. The molecule has 23 heavy (non-hydrogen) atoms. The number of nitrogens with one attached hydrogen (secondary N) is 1. The molecular weight excluding hydrogens is 312 g/mol. The van der Waals surface area contributed by atoms with Crippen LogP contribution in [0.15, 0.2) is 53.6 Å². The molecule has 0 aliphatic rings. The van der Waals surface area contributed by atoms with Gasteiger partial charge in [0.05, 0.1) is 18.9 Å². The van der Waals surface area contributed by atoms with Gasteiger partial charge in [-0.2, -0.15) is 14.9 Å². The molecule has 3 rings (SSSR count). The quantitative estimate of drug-likeness (QED) is 0.570. The van der Waals surface area contributed by atoms with E-state index in [9.17, 15) is 5.11 Å². The van der Waals surface area contributed by atoms with Crippen LogP contribution in [0.25, 0.3) is 11.4 Å². The first-order valence-electron chi connectivity index (χ1n) is 6.83. The van der Waals surface area contributed by atoms with Gasteiger partial charge in [-0.15, -0.1) is 0 Å². The van der Waals surface area contributed by atoms with Crippen LogP contribution in [-0.2, 0) is 0 Å². The summed E-state index contributed by atoms with van der Waals surface area (Å²) in [6, 6.07) is 14.3. The number of rotatable bonds is 4. The van der Waals surface area contributed by atoms with Crippen LogP contribution in [0, 0.1) is 4.77 Å². The summed E-state index contributed by atoms with van der Waals surface area (Å²) >= 11 is 5.23. The number of para-hydroxylation sites is 1. The van der Waals surface area contributed by atoms with Crippen LogP contribution in [-0.4, -0.2) is 33.3 Å². The van der Waals surface area contributed by atoms with Crippen molar-refractivity contribution in [3.8, 4) is 22.9 Å². The third-order valence-electron chi connectivity index (χ3n) is 3.19. The Kier molecular flexibility index (Phi) is 4.20. The van der Waals surface area contributed by atoms with Crippen molar-refractivity contribution in [1.29, 1.82) is 0 Å². The van der Waals surface area contributed by atoms with Gasteiger partial charge in [0.1, 0.15) is 11.5 Å². The van der Waals surface area contributed by atoms with Crippen molar-refractivity contribution in [2.75, 3.05) is 7.11 Å². The number of nitrogens with zero attached hydrogens (tertiary/aromatic N) is 3. The Hall–Kier alpha value is -2.93. The van der Waals surface area contributed by atoms with Gasteiger partial charge >= 0.3 is 0 Å². The van der Waals surface area contributed by atoms with Crippen molar-refractivity contribution in [2.45, 2.75) is 0 Å². The molecule has 2 N–H and O–H groups in total. The van der Waals surface area contributed by atoms with Crippen molar-refractivity contribution in [1.82, 2.24) is 14.9 Å². The van der Waals surface area contributed by atoms with E-state index in [-0.39, 0.29) is 5.75 Å². The van der Waals surface area contributed by atoms with Gasteiger partial charge in [0.25, 0.3) is 0 Å². The van der Waals surface area contributed by atoms with Gasteiger partial charge in [-0.25, -0.2) is 5.10 Å². The van der Waals surface area contributed by atoms with E-state index in [0.717, 1.165) is 11.1 Å². The van der Waals surface area contributed by atoms with Crippen LogP contribution in [0.3, 0.4) is 0 Å². The second-order valence-corrected chi connectivity index (χ2v) is 5.09. The minimum Gasteiger partial charge on any atom is -0.508 e. The summed E-state index contributed by atoms with van der Waals surface area (Å²) in [7, 11) is 1.60. The Morgan fingerprint density at radius 3 is 2.87 bits per heavy atom. The van der Waals surface area contributed by atoms with Crippen LogP contribution in [0.5, 0.6) is 11.5 Å². The monoisotopic (exact) mass is 326 g/mol. The lowest BCUT2D eigenvalue weighted by Gasteiger charge is -2.06. The van der Waals surface area contributed by atoms with Gasteiger partial charge in [-0.1, -0.05) is 24.3 Å². The number of ether oxygens (including phenoxy) is 1. The zero-order valence-electron chi connectivity index (χ0n) is 12.3. The summed E-state index contributed by atoms with van der Waals surface area (Å²) in [6.07, 6.45) is 1.60. The van der Waals surface area contributed by atoms with Gasteiger partial charge in [-0.3, -0.25) is 0 Å². The predicted octanol–water partition coefficient (Wildman–Crippen LogP) is 3.20. The van der Waals surface area contributed by atoms with Crippen LogP contribution >= 0.6 is 12.2 Å². The second kappa shape index (κ2) is 6.45. The Morgan fingerprint density at radius 1 is 1.26 bits per heavy atom. The Bertz CT molecular complexity index is 914. The van der Waals surface area contributed by atoms with Gasteiger partial charge in [0.2, 0.25) is 4.77 Å². The molecule has 0 atom stereocenters. The normalized spacial score (nSPS) is 11.0. The molecule has 1 heterocycles. The van der Waals surface area contributed by atoms with E-state index in [4.69, 9.17) is 17.0 Å². The maximum absolute atomic E-state index is 9.50. The molecule has 0 bridgehead atoms. The first kappa shape index (κ1) is 15.0. The average molecular weight is 326 g/mol. The molecule has 0 aliphatic carbocycles. The molecule has 2 aromatic carbocycles. The maximum Gasteiger partial charge on any atom is 0.216 e. The first-order chi connectivity index (χ1) is 11.2. The Morgan fingerprint density at radius 2 is 2.09 bits per heavy atom. The molecule has 3 aromatic rings. The molecule has 0 fully saturated rings. The fourth-order valence-electron chi connectivity index (χ4n) is 2.13. The van der Waals surface area contributed by atoms with Crippen molar-refractivity contribution in [3.05, 3.63) is 58.9 Å². The van der Waals surface area contributed by atoms with Gasteiger partial charge < -0.3 is 9.84 Å². The first-order valence-corrected chi connectivity index (χ1v) is 7.24. The van der Waals surface area contributed by atoms with E-state index < -0.39 is 0 Å². The lowest BCUT2D eigenvalue weighted by Crippen LogP contribution is -1.97. The molecule has 0 saturated heterocycles. The standard InChI is InChI=1S/C16H14N4O2S/c1-22-14-8-3-2-7-13(14)15-18-19-16(23)20(15)17-10-11-5-4-6-12(21)9-11/h2-10,21H,1H3,(H,19,23)/b17-10-. The average Bonchev–Trinajstić information content (AvgIpc) is 2.93.